The summed E-state index contributed by atoms with van der Waals surface area (Å²) < 4.78 is 5.12. The number of imidazole rings is 1. The number of rotatable bonds is 4. The Morgan fingerprint density at radius 3 is 2.64 bits per heavy atom. The molecule has 1 N–H and O–H groups in total. The zero-order chi connectivity index (χ0) is 15.4. The van der Waals surface area contributed by atoms with Crippen LogP contribution >= 0.6 is 0 Å². The number of carbonyl (C=O) groups is 2. The van der Waals surface area contributed by atoms with Gasteiger partial charge in [-0.2, -0.15) is 0 Å². The molecular formula is C15H18N4O3. The van der Waals surface area contributed by atoms with Crippen molar-refractivity contribution in [2.75, 3.05) is 26.2 Å². The van der Waals surface area contributed by atoms with Crippen molar-refractivity contribution in [3.05, 3.63) is 42.4 Å². The maximum Gasteiger partial charge on any atom is 0.289 e. The van der Waals surface area contributed by atoms with Crippen molar-refractivity contribution in [2.24, 2.45) is 0 Å². The van der Waals surface area contributed by atoms with Gasteiger partial charge < -0.3 is 19.2 Å². The Morgan fingerprint density at radius 1 is 1.23 bits per heavy atom. The molecule has 2 aromatic rings. The maximum atomic E-state index is 12.2. The molecule has 0 aromatic carbocycles. The first-order valence-electron chi connectivity index (χ1n) is 7.32. The Labute approximate surface area is 127 Å². The fraction of sp³-hybridized carbons (Fsp3) is 0.400. The molecule has 3 rings (SSSR count). The quantitative estimate of drug-likeness (QED) is 0.910. The van der Waals surface area contributed by atoms with E-state index in [-0.39, 0.29) is 11.8 Å². The van der Waals surface area contributed by atoms with E-state index in [1.54, 1.807) is 29.6 Å². The highest BCUT2D eigenvalue weighted by Gasteiger charge is 2.25. The molecule has 116 valence electrons. The SMILES string of the molecule is O=C(CCc1cnc[nH]1)N1CCN(C(=O)c2ccco2)CC1. The standard InChI is InChI=1S/C15H18N4O3/c20-14(4-3-12-10-16-11-17-12)18-5-7-19(8-6-18)15(21)13-2-1-9-22-13/h1-2,9-11H,3-8H2,(H,16,17). The summed E-state index contributed by atoms with van der Waals surface area (Å²) in [6.45, 7) is 2.20. The van der Waals surface area contributed by atoms with Gasteiger partial charge in [0.05, 0.1) is 12.6 Å². The van der Waals surface area contributed by atoms with Gasteiger partial charge in [-0.3, -0.25) is 9.59 Å². The van der Waals surface area contributed by atoms with Crippen molar-refractivity contribution < 1.29 is 14.0 Å². The Morgan fingerprint density at radius 2 is 2.00 bits per heavy atom. The van der Waals surface area contributed by atoms with Crippen LogP contribution in [0.15, 0.2) is 35.3 Å². The lowest BCUT2D eigenvalue weighted by molar-refractivity contribution is -0.132. The number of hydrogen-bond donors (Lipinski definition) is 1. The zero-order valence-electron chi connectivity index (χ0n) is 12.2. The fourth-order valence-corrected chi connectivity index (χ4v) is 2.54. The normalized spacial score (nSPS) is 15.1. The molecule has 1 fully saturated rings. The van der Waals surface area contributed by atoms with E-state index in [1.807, 2.05) is 4.90 Å². The minimum absolute atomic E-state index is 0.111. The molecule has 3 heterocycles. The molecule has 0 bridgehead atoms. The van der Waals surface area contributed by atoms with E-state index in [2.05, 4.69) is 9.97 Å². The molecule has 1 aliphatic rings. The second kappa shape index (κ2) is 6.46. The van der Waals surface area contributed by atoms with E-state index in [9.17, 15) is 9.59 Å². The van der Waals surface area contributed by atoms with Crippen molar-refractivity contribution >= 4 is 11.8 Å². The Bertz CT molecular complexity index is 613. The second-order valence-corrected chi connectivity index (χ2v) is 5.23. The molecule has 2 amide bonds. The summed E-state index contributed by atoms with van der Waals surface area (Å²) in [5, 5.41) is 0. The maximum absolute atomic E-state index is 12.2. The molecule has 2 aromatic heterocycles. The number of aromatic amines is 1. The Hall–Kier alpha value is -2.57. The summed E-state index contributed by atoms with van der Waals surface area (Å²) in [7, 11) is 0. The van der Waals surface area contributed by atoms with Gasteiger partial charge in [-0.1, -0.05) is 0 Å². The monoisotopic (exact) mass is 302 g/mol. The highest BCUT2D eigenvalue weighted by atomic mass is 16.3. The van der Waals surface area contributed by atoms with Crippen molar-refractivity contribution in [1.29, 1.82) is 0 Å². The minimum Gasteiger partial charge on any atom is -0.459 e. The molecule has 0 saturated carbocycles. The van der Waals surface area contributed by atoms with Crippen LogP contribution in [-0.2, 0) is 11.2 Å². The van der Waals surface area contributed by atoms with E-state index in [0.717, 1.165) is 5.69 Å². The first kappa shape index (κ1) is 14.4. The number of carbonyl (C=O) groups excluding carboxylic acids is 2. The third-order valence-electron chi connectivity index (χ3n) is 3.81. The van der Waals surface area contributed by atoms with E-state index in [4.69, 9.17) is 4.42 Å². The lowest BCUT2D eigenvalue weighted by atomic mass is 10.2. The first-order chi connectivity index (χ1) is 10.7. The van der Waals surface area contributed by atoms with Crippen LogP contribution in [0.2, 0.25) is 0 Å². The number of aryl methyl sites for hydroxylation is 1. The number of nitrogens with zero attached hydrogens (tertiary/aromatic N) is 3. The van der Waals surface area contributed by atoms with Crippen molar-refractivity contribution in [3.8, 4) is 0 Å². The molecule has 0 aliphatic carbocycles. The molecule has 1 saturated heterocycles. The Kier molecular flexibility index (Phi) is 4.22. The number of aromatic nitrogens is 2. The van der Waals surface area contributed by atoms with Gasteiger partial charge in [0.2, 0.25) is 5.91 Å². The van der Waals surface area contributed by atoms with Gasteiger partial charge in [-0.05, 0) is 18.6 Å². The molecule has 1 aliphatic heterocycles. The smallest absolute Gasteiger partial charge is 0.289 e. The highest BCUT2D eigenvalue weighted by Crippen LogP contribution is 2.10. The predicted molar refractivity (Wildman–Crippen MR) is 78.1 cm³/mol. The van der Waals surface area contributed by atoms with Gasteiger partial charge in [0.25, 0.3) is 5.91 Å². The molecule has 0 unspecified atom stereocenters. The van der Waals surface area contributed by atoms with Gasteiger partial charge in [0.15, 0.2) is 5.76 Å². The number of H-pyrrole nitrogens is 1. The van der Waals surface area contributed by atoms with Crippen LogP contribution in [0.1, 0.15) is 22.7 Å². The van der Waals surface area contributed by atoms with Crippen LogP contribution < -0.4 is 0 Å². The summed E-state index contributed by atoms with van der Waals surface area (Å²) >= 11 is 0. The van der Waals surface area contributed by atoms with Crippen LogP contribution in [-0.4, -0.2) is 57.8 Å². The van der Waals surface area contributed by atoms with Gasteiger partial charge >= 0.3 is 0 Å². The largest absolute Gasteiger partial charge is 0.459 e. The highest BCUT2D eigenvalue weighted by molar-refractivity contribution is 5.91. The molecular weight excluding hydrogens is 284 g/mol. The van der Waals surface area contributed by atoms with Crippen LogP contribution in [0.4, 0.5) is 0 Å². The topological polar surface area (TPSA) is 82.4 Å². The zero-order valence-corrected chi connectivity index (χ0v) is 12.2. The molecule has 7 heteroatoms. The number of hydrogen-bond acceptors (Lipinski definition) is 4. The van der Waals surface area contributed by atoms with Crippen LogP contribution in [0, 0.1) is 0 Å². The fourth-order valence-electron chi connectivity index (χ4n) is 2.54. The second-order valence-electron chi connectivity index (χ2n) is 5.23. The van der Waals surface area contributed by atoms with Crippen molar-refractivity contribution in [3.63, 3.8) is 0 Å². The van der Waals surface area contributed by atoms with Crippen LogP contribution in [0.3, 0.4) is 0 Å². The van der Waals surface area contributed by atoms with E-state index in [1.165, 1.54) is 6.26 Å². The molecule has 22 heavy (non-hydrogen) atoms. The molecule has 0 atom stereocenters. The first-order valence-corrected chi connectivity index (χ1v) is 7.32. The number of amides is 2. The minimum atomic E-state index is -0.116. The van der Waals surface area contributed by atoms with Crippen LogP contribution in [0.25, 0.3) is 0 Å². The predicted octanol–water partition coefficient (Wildman–Crippen LogP) is 0.920. The molecule has 0 radical (unpaired) electrons. The Balaban J connectivity index is 1.47. The van der Waals surface area contributed by atoms with Crippen LogP contribution in [0.5, 0.6) is 0 Å². The summed E-state index contributed by atoms with van der Waals surface area (Å²) in [5.41, 5.74) is 0.958. The summed E-state index contributed by atoms with van der Waals surface area (Å²) in [6.07, 6.45) is 5.94. The van der Waals surface area contributed by atoms with Gasteiger partial charge in [-0.15, -0.1) is 0 Å². The lowest BCUT2D eigenvalue weighted by Crippen LogP contribution is -2.50. The van der Waals surface area contributed by atoms with Crippen molar-refractivity contribution in [1.82, 2.24) is 19.8 Å². The number of piperazine rings is 1. The van der Waals surface area contributed by atoms with E-state index in [0.29, 0.717) is 44.8 Å². The number of furan rings is 1. The van der Waals surface area contributed by atoms with Crippen molar-refractivity contribution in [2.45, 2.75) is 12.8 Å². The summed E-state index contributed by atoms with van der Waals surface area (Å²) in [6, 6.07) is 3.35. The average molecular weight is 302 g/mol. The van der Waals surface area contributed by atoms with E-state index < -0.39 is 0 Å². The third kappa shape index (κ3) is 3.19. The average Bonchev–Trinajstić information content (AvgIpc) is 3.25. The molecule has 0 spiro atoms. The van der Waals surface area contributed by atoms with Gasteiger partial charge in [0.1, 0.15) is 0 Å². The molecule has 7 nitrogen and oxygen atoms in total. The number of nitrogens with one attached hydrogen (secondary N) is 1. The van der Waals surface area contributed by atoms with Gasteiger partial charge in [-0.25, -0.2) is 4.98 Å². The van der Waals surface area contributed by atoms with Gasteiger partial charge in [0, 0.05) is 44.5 Å². The summed E-state index contributed by atoms with van der Waals surface area (Å²) in [4.78, 5) is 34.8. The summed E-state index contributed by atoms with van der Waals surface area (Å²) in [5.74, 6) is 0.341. The van der Waals surface area contributed by atoms with E-state index >= 15 is 0 Å². The third-order valence-corrected chi connectivity index (χ3v) is 3.81. The lowest BCUT2D eigenvalue weighted by Gasteiger charge is -2.34.